The van der Waals surface area contributed by atoms with Gasteiger partial charge in [0.05, 0.1) is 20.1 Å². The Bertz CT molecular complexity index is 1150. The number of carbonyl (C=O) groups is 2. The van der Waals surface area contributed by atoms with E-state index >= 15 is 0 Å². The first kappa shape index (κ1) is 21.0. The summed E-state index contributed by atoms with van der Waals surface area (Å²) in [6.07, 6.45) is 0. The highest BCUT2D eigenvalue weighted by Gasteiger charge is 2.45. The van der Waals surface area contributed by atoms with Crippen LogP contribution in [0, 0.1) is 0 Å². The summed E-state index contributed by atoms with van der Waals surface area (Å²) in [6, 6.07) is 22.6. The minimum absolute atomic E-state index is 0.0270. The van der Waals surface area contributed by atoms with E-state index < -0.39 is 23.5 Å². The van der Waals surface area contributed by atoms with E-state index in [0.29, 0.717) is 16.8 Å². The van der Waals surface area contributed by atoms with Crippen molar-refractivity contribution in [2.45, 2.75) is 6.04 Å². The van der Waals surface area contributed by atoms with Crippen molar-refractivity contribution in [3.63, 3.8) is 0 Å². The molecule has 1 aliphatic heterocycles. The van der Waals surface area contributed by atoms with Crippen LogP contribution in [0.5, 0.6) is 0 Å². The summed E-state index contributed by atoms with van der Waals surface area (Å²) in [5, 5.41) is 13.3. The van der Waals surface area contributed by atoms with E-state index in [9.17, 15) is 14.7 Å². The molecule has 0 saturated carbocycles. The van der Waals surface area contributed by atoms with Crippen molar-refractivity contribution in [2.75, 3.05) is 19.0 Å². The van der Waals surface area contributed by atoms with E-state index in [1.54, 1.807) is 30.3 Å². The predicted molar refractivity (Wildman–Crippen MR) is 122 cm³/mol. The molecule has 1 atom stereocenters. The van der Waals surface area contributed by atoms with Gasteiger partial charge in [-0.1, -0.05) is 64.2 Å². The molecule has 0 aromatic heterocycles. The first-order valence-electron chi connectivity index (χ1n) is 9.89. The second-order valence-electron chi connectivity index (χ2n) is 7.61. The number of hydrogen-bond acceptors (Lipinski definition) is 3. The van der Waals surface area contributed by atoms with Gasteiger partial charge >= 0.3 is 0 Å². The predicted octanol–water partition coefficient (Wildman–Crippen LogP) is 2.65. The number of amides is 1. The molecule has 1 saturated heterocycles. The molecule has 0 spiro atoms. The van der Waals surface area contributed by atoms with Crippen molar-refractivity contribution in [1.29, 1.82) is 0 Å². The van der Waals surface area contributed by atoms with E-state index in [1.165, 1.54) is 4.90 Å². The van der Waals surface area contributed by atoms with Gasteiger partial charge in [0.1, 0.15) is 5.69 Å². The number of ketones is 1. The Morgan fingerprint density at radius 2 is 1.52 bits per heavy atom. The monoisotopic (exact) mass is 476 g/mol. The van der Waals surface area contributed by atoms with Gasteiger partial charge < -0.3 is 10.0 Å². The largest absolute Gasteiger partial charge is 0.872 e. The van der Waals surface area contributed by atoms with Gasteiger partial charge in [0.25, 0.3) is 5.91 Å². The lowest BCUT2D eigenvalue weighted by Gasteiger charge is -2.27. The maximum Gasteiger partial charge on any atom is 0.299 e. The number of carbonyl (C=O) groups excluding carboxylic acids is 2. The Labute approximate surface area is 189 Å². The third-order valence-electron chi connectivity index (χ3n) is 5.38. The van der Waals surface area contributed by atoms with Crippen LogP contribution in [0.4, 0.5) is 11.4 Å². The zero-order valence-corrected chi connectivity index (χ0v) is 18.7. The molecule has 0 radical (unpaired) electrons. The number of quaternary nitrogens is 1. The van der Waals surface area contributed by atoms with Crippen LogP contribution < -0.4 is 14.9 Å². The molecule has 6 heteroatoms. The quantitative estimate of drug-likeness (QED) is 0.357. The highest BCUT2D eigenvalue weighted by molar-refractivity contribution is 9.10. The fourth-order valence-corrected chi connectivity index (χ4v) is 4.01. The molecule has 0 bridgehead atoms. The first-order valence-corrected chi connectivity index (χ1v) is 10.7. The number of Topliss-reactive ketones (excluding diaryl/α,β-unsaturated/α-hetero) is 1. The summed E-state index contributed by atoms with van der Waals surface area (Å²) < 4.78 is 0.868. The fraction of sp³-hybridized carbons (Fsp3) is 0.120. The van der Waals surface area contributed by atoms with Gasteiger partial charge in [-0.05, 0) is 35.4 Å². The molecule has 31 heavy (non-hydrogen) atoms. The van der Waals surface area contributed by atoms with E-state index in [4.69, 9.17) is 0 Å². The SMILES string of the molecule is C[NH+](C)c1ccc(N2C(=O)C(=O)C(=C([O-])c3ccccc3)C2c2ccc(Br)cc2)cc1. The van der Waals surface area contributed by atoms with Gasteiger partial charge in [-0.15, -0.1) is 0 Å². The molecule has 4 rings (SSSR count). The van der Waals surface area contributed by atoms with Gasteiger partial charge in [-0.2, -0.15) is 0 Å². The molecule has 1 N–H and O–H groups in total. The van der Waals surface area contributed by atoms with Gasteiger partial charge in [0, 0.05) is 27.9 Å². The first-order chi connectivity index (χ1) is 14.9. The molecular weight excluding hydrogens is 456 g/mol. The molecule has 5 nitrogen and oxygen atoms in total. The molecule has 156 valence electrons. The zero-order chi connectivity index (χ0) is 22.1. The highest BCUT2D eigenvalue weighted by atomic mass is 79.9. The molecule has 0 aliphatic carbocycles. The Morgan fingerprint density at radius 1 is 0.903 bits per heavy atom. The summed E-state index contributed by atoms with van der Waals surface area (Å²) in [6.45, 7) is 0. The van der Waals surface area contributed by atoms with Crippen molar-refractivity contribution >= 4 is 44.8 Å². The van der Waals surface area contributed by atoms with Gasteiger partial charge in [0.2, 0.25) is 5.78 Å². The maximum atomic E-state index is 13.3. The number of benzene rings is 3. The third-order valence-corrected chi connectivity index (χ3v) is 5.91. The smallest absolute Gasteiger partial charge is 0.299 e. The van der Waals surface area contributed by atoms with E-state index in [-0.39, 0.29) is 5.57 Å². The maximum absolute atomic E-state index is 13.3. The molecular formula is C25H21BrN2O3. The average molecular weight is 477 g/mol. The van der Waals surface area contributed by atoms with Crippen LogP contribution in [-0.4, -0.2) is 25.8 Å². The normalized spacial score (nSPS) is 18.1. The van der Waals surface area contributed by atoms with Crippen LogP contribution in [-0.2, 0) is 9.59 Å². The second-order valence-corrected chi connectivity index (χ2v) is 8.53. The molecule has 3 aromatic carbocycles. The van der Waals surface area contributed by atoms with E-state index in [2.05, 4.69) is 15.9 Å². The molecule has 1 heterocycles. The molecule has 1 aliphatic rings. The number of nitrogens with zero attached hydrogens (tertiary/aromatic N) is 1. The third kappa shape index (κ3) is 3.92. The number of rotatable bonds is 4. The Hall–Kier alpha value is -3.22. The lowest BCUT2D eigenvalue weighted by Crippen LogP contribution is -3.00. The standard InChI is InChI=1S/C25H21BrN2O3/c1-27(2)19-12-14-20(15-13-19)28-22(16-8-10-18(26)11-9-16)21(24(30)25(28)31)23(29)17-6-4-3-5-7-17/h3-15,22,29H,1-2H3. The number of anilines is 1. The Morgan fingerprint density at radius 3 is 2.10 bits per heavy atom. The Kier molecular flexibility index (Phi) is 5.76. The van der Waals surface area contributed by atoms with E-state index in [0.717, 1.165) is 15.1 Å². The highest BCUT2D eigenvalue weighted by Crippen LogP contribution is 2.41. The summed E-state index contributed by atoms with van der Waals surface area (Å²) >= 11 is 3.42. The number of halogens is 1. The van der Waals surface area contributed by atoms with Crippen molar-refractivity contribution < 1.29 is 19.6 Å². The van der Waals surface area contributed by atoms with Gasteiger partial charge in [0.15, 0.2) is 0 Å². The van der Waals surface area contributed by atoms with Crippen molar-refractivity contribution in [3.8, 4) is 0 Å². The van der Waals surface area contributed by atoms with Crippen molar-refractivity contribution in [1.82, 2.24) is 0 Å². The van der Waals surface area contributed by atoms with Crippen LogP contribution in [0.3, 0.4) is 0 Å². The second kappa shape index (κ2) is 8.49. The Balaban J connectivity index is 1.90. The topological polar surface area (TPSA) is 64.9 Å². The van der Waals surface area contributed by atoms with Gasteiger partial charge in [-0.25, -0.2) is 0 Å². The molecule has 3 aromatic rings. The minimum atomic E-state index is -0.793. The summed E-state index contributed by atoms with van der Waals surface area (Å²) in [5.74, 6) is -1.88. The van der Waals surface area contributed by atoms with Crippen LogP contribution in [0.1, 0.15) is 17.2 Å². The lowest BCUT2D eigenvalue weighted by atomic mass is 9.95. The summed E-state index contributed by atoms with van der Waals surface area (Å²) in [4.78, 5) is 28.7. The van der Waals surface area contributed by atoms with Crippen LogP contribution in [0.2, 0.25) is 0 Å². The number of nitrogens with one attached hydrogen (secondary N) is 1. The van der Waals surface area contributed by atoms with Gasteiger partial charge in [-0.3, -0.25) is 14.5 Å². The molecule has 1 amide bonds. The van der Waals surface area contributed by atoms with Crippen molar-refractivity contribution in [3.05, 3.63) is 100 Å². The summed E-state index contributed by atoms with van der Waals surface area (Å²) in [7, 11) is 4.02. The van der Waals surface area contributed by atoms with E-state index in [1.807, 2.05) is 62.6 Å². The zero-order valence-electron chi connectivity index (χ0n) is 17.1. The fourth-order valence-electron chi connectivity index (χ4n) is 3.75. The lowest BCUT2D eigenvalue weighted by molar-refractivity contribution is -0.786. The average Bonchev–Trinajstić information content (AvgIpc) is 3.05. The minimum Gasteiger partial charge on any atom is -0.872 e. The van der Waals surface area contributed by atoms with Crippen LogP contribution in [0.25, 0.3) is 5.76 Å². The van der Waals surface area contributed by atoms with Crippen LogP contribution in [0.15, 0.2) is 88.9 Å². The summed E-state index contributed by atoms with van der Waals surface area (Å²) in [5.41, 5.74) is 2.68. The van der Waals surface area contributed by atoms with Crippen LogP contribution >= 0.6 is 15.9 Å². The number of hydrogen-bond donors (Lipinski definition) is 1. The van der Waals surface area contributed by atoms with Crippen molar-refractivity contribution in [2.24, 2.45) is 0 Å². The molecule has 1 unspecified atom stereocenters. The molecule has 1 fully saturated rings.